The highest BCUT2D eigenvalue weighted by Gasteiger charge is 2.19. The van der Waals surface area contributed by atoms with Crippen LogP contribution in [0, 0.1) is 0 Å². The zero-order chi connectivity index (χ0) is 59.2. The highest BCUT2D eigenvalue weighted by atomic mass is 16.6. The molecule has 0 aliphatic carbocycles. The molecule has 0 N–H and O–H groups in total. The summed E-state index contributed by atoms with van der Waals surface area (Å²) in [5.41, 5.74) is 0. The normalized spacial score (nSPS) is 13.4. The summed E-state index contributed by atoms with van der Waals surface area (Å²) in [7, 11) is 0. The van der Waals surface area contributed by atoms with E-state index in [1.807, 2.05) is 0 Å². The molecule has 0 saturated carbocycles. The molecule has 0 heterocycles. The first-order valence-corrected chi connectivity index (χ1v) is 32.8. The van der Waals surface area contributed by atoms with Crippen LogP contribution in [-0.4, -0.2) is 37.2 Å². The van der Waals surface area contributed by atoms with Crippen LogP contribution < -0.4 is 0 Å². The number of allylic oxidation sites excluding steroid dienone is 30. The van der Waals surface area contributed by atoms with Gasteiger partial charge in [0, 0.05) is 19.3 Å². The minimum Gasteiger partial charge on any atom is -0.462 e. The van der Waals surface area contributed by atoms with Crippen molar-refractivity contribution in [3.63, 3.8) is 0 Å². The summed E-state index contributed by atoms with van der Waals surface area (Å²) in [6, 6.07) is 0. The Morgan fingerprint density at radius 3 is 0.793 bits per heavy atom. The molecule has 6 heteroatoms. The van der Waals surface area contributed by atoms with Crippen LogP contribution in [0.2, 0.25) is 0 Å². The maximum absolute atomic E-state index is 12.9. The van der Waals surface area contributed by atoms with Crippen molar-refractivity contribution in [2.75, 3.05) is 13.2 Å². The fraction of sp³-hybridized carbons (Fsp3) is 0.566. The summed E-state index contributed by atoms with van der Waals surface area (Å²) < 4.78 is 16.9. The highest BCUT2D eigenvalue weighted by Crippen LogP contribution is 2.13. The van der Waals surface area contributed by atoms with Crippen molar-refractivity contribution < 1.29 is 28.6 Å². The minimum atomic E-state index is -0.828. The van der Waals surface area contributed by atoms with Crippen LogP contribution in [0.4, 0.5) is 0 Å². The van der Waals surface area contributed by atoms with Crippen molar-refractivity contribution in [3.05, 3.63) is 182 Å². The number of ether oxygens (including phenoxy) is 3. The number of carbonyl (C=O) groups is 3. The Labute approximate surface area is 504 Å². The highest BCUT2D eigenvalue weighted by molar-refractivity contribution is 5.71. The van der Waals surface area contributed by atoms with Gasteiger partial charge in [0.05, 0.1) is 0 Å². The summed E-state index contributed by atoms with van der Waals surface area (Å²) in [4.78, 5) is 38.3. The Kier molecular flexibility index (Phi) is 63.5. The molecular formula is C76H118O6. The Morgan fingerprint density at radius 2 is 0.488 bits per heavy atom. The molecule has 0 amide bonds. The van der Waals surface area contributed by atoms with Crippen molar-refractivity contribution in [1.82, 2.24) is 0 Å². The molecule has 458 valence electrons. The lowest BCUT2D eigenvalue weighted by Gasteiger charge is -2.18. The fourth-order valence-corrected chi connectivity index (χ4v) is 8.29. The smallest absolute Gasteiger partial charge is 0.306 e. The standard InChI is InChI=1S/C76H118O6/c1-4-7-10-13-16-19-22-25-28-31-33-34-35-36-37-38-39-40-41-42-43-46-48-51-54-57-60-63-66-69-75(78)81-72-73(71-80-74(77)68-65-62-59-56-53-50-47-44-30-27-24-21-18-15-12-9-6-3)82-76(79)70-67-64-61-58-55-52-49-45-32-29-26-23-20-17-14-11-8-5-2/h7,9-10,12,16,18-21,23,25,27-30,32-34,36-37,39-40,42-43,47-48,50-51,56,59,73H,4-6,8,11,13-15,17,22,24,26,31,35,38,41,44-46,49,52-55,57-58,60-72H2,1-3H3/b10-7-,12-9-,19-16-,21-18-,23-20-,28-25-,30-27-,32-29-,34-33-,37-36-,40-39-,43-42-,50-47-,51-48-,59-56-. The summed E-state index contributed by atoms with van der Waals surface area (Å²) in [5.74, 6) is -1.02. The van der Waals surface area contributed by atoms with E-state index in [0.29, 0.717) is 19.3 Å². The first kappa shape index (κ1) is 76.5. The Morgan fingerprint density at radius 1 is 0.256 bits per heavy atom. The van der Waals surface area contributed by atoms with E-state index in [0.717, 1.165) is 161 Å². The van der Waals surface area contributed by atoms with E-state index < -0.39 is 6.10 Å². The number of hydrogen-bond acceptors (Lipinski definition) is 6. The molecule has 0 bridgehead atoms. The van der Waals surface area contributed by atoms with Gasteiger partial charge in [-0.1, -0.05) is 267 Å². The maximum atomic E-state index is 12.9. The van der Waals surface area contributed by atoms with E-state index in [2.05, 4.69) is 203 Å². The largest absolute Gasteiger partial charge is 0.462 e. The Hall–Kier alpha value is -5.49. The van der Waals surface area contributed by atoms with Crippen LogP contribution in [0.1, 0.15) is 258 Å². The third kappa shape index (κ3) is 65.3. The molecule has 0 radical (unpaired) electrons. The van der Waals surface area contributed by atoms with E-state index in [1.165, 1.54) is 51.4 Å². The number of hydrogen-bond donors (Lipinski definition) is 0. The molecule has 1 unspecified atom stereocenters. The van der Waals surface area contributed by atoms with Crippen LogP contribution >= 0.6 is 0 Å². The van der Waals surface area contributed by atoms with E-state index >= 15 is 0 Å². The van der Waals surface area contributed by atoms with Gasteiger partial charge in [-0.3, -0.25) is 14.4 Å². The minimum absolute atomic E-state index is 0.121. The van der Waals surface area contributed by atoms with Crippen molar-refractivity contribution in [3.8, 4) is 0 Å². The molecule has 82 heavy (non-hydrogen) atoms. The van der Waals surface area contributed by atoms with Gasteiger partial charge in [0.15, 0.2) is 6.10 Å². The molecular weight excluding hydrogens is 1010 g/mol. The summed E-state index contributed by atoms with van der Waals surface area (Å²) in [6.07, 6.45) is 102. The van der Waals surface area contributed by atoms with Crippen molar-refractivity contribution in [1.29, 1.82) is 0 Å². The SMILES string of the molecule is CC/C=C\C/C=C\C/C=C\C/C=C\C/C=C\C/C=C\C/C=C\C/C=C\CCCCCCC(=O)OCC(COC(=O)CCC/C=C\C/C=C\C/C=C\C/C=C\C/C=C\CC)OC(=O)CCCCCCCCC/C=C\C/C=C\CCCCCC. The molecule has 0 fully saturated rings. The Balaban J connectivity index is 4.52. The van der Waals surface area contributed by atoms with E-state index in [4.69, 9.17) is 14.2 Å². The van der Waals surface area contributed by atoms with Gasteiger partial charge in [0.1, 0.15) is 13.2 Å². The van der Waals surface area contributed by atoms with Crippen molar-refractivity contribution in [2.24, 2.45) is 0 Å². The second-order valence-electron chi connectivity index (χ2n) is 20.9. The van der Waals surface area contributed by atoms with Gasteiger partial charge in [0.2, 0.25) is 0 Å². The van der Waals surface area contributed by atoms with Gasteiger partial charge in [-0.05, 0) is 154 Å². The second kappa shape index (κ2) is 68.0. The van der Waals surface area contributed by atoms with E-state index in [-0.39, 0.29) is 37.5 Å². The van der Waals surface area contributed by atoms with Crippen LogP contribution in [0.25, 0.3) is 0 Å². The molecule has 0 aromatic heterocycles. The molecule has 0 aliphatic rings. The van der Waals surface area contributed by atoms with Gasteiger partial charge in [0.25, 0.3) is 0 Å². The molecule has 0 aromatic rings. The lowest BCUT2D eigenvalue weighted by atomic mass is 10.1. The zero-order valence-electron chi connectivity index (χ0n) is 52.4. The van der Waals surface area contributed by atoms with Gasteiger partial charge in [-0.2, -0.15) is 0 Å². The monoisotopic (exact) mass is 1130 g/mol. The number of rotatable bonds is 57. The average Bonchev–Trinajstić information content (AvgIpc) is 3.47. The summed E-state index contributed by atoms with van der Waals surface area (Å²) in [5, 5.41) is 0. The summed E-state index contributed by atoms with van der Waals surface area (Å²) in [6.45, 7) is 6.31. The topological polar surface area (TPSA) is 78.9 Å². The van der Waals surface area contributed by atoms with Gasteiger partial charge in [-0.15, -0.1) is 0 Å². The van der Waals surface area contributed by atoms with Crippen LogP contribution in [0.15, 0.2) is 182 Å². The molecule has 0 saturated heterocycles. The fourth-order valence-electron chi connectivity index (χ4n) is 8.29. The van der Waals surface area contributed by atoms with Gasteiger partial charge in [-0.25, -0.2) is 0 Å². The second-order valence-corrected chi connectivity index (χ2v) is 20.9. The first-order valence-electron chi connectivity index (χ1n) is 32.8. The zero-order valence-corrected chi connectivity index (χ0v) is 52.4. The number of esters is 3. The molecule has 0 aromatic carbocycles. The predicted octanol–water partition coefficient (Wildman–Crippen LogP) is 22.8. The first-order chi connectivity index (χ1) is 40.5. The average molecular weight is 1130 g/mol. The van der Waals surface area contributed by atoms with E-state index in [1.54, 1.807) is 0 Å². The summed E-state index contributed by atoms with van der Waals surface area (Å²) >= 11 is 0. The van der Waals surface area contributed by atoms with Crippen LogP contribution in [0.5, 0.6) is 0 Å². The van der Waals surface area contributed by atoms with Gasteiger partial charge >= 0.3 is 17.9 Å². The van der Waals surface area contributed by atoms with Crippen molar-refractivity contribution >= 4 is 17.9 Å². The van der Waals surface area contributed by atoms with Crippen LogP contribution in [-0.2, 0) is 28.6 Å². The third-order valence-electron chi connectivity index (χ3n) is 13.1. The number of carbonyl (C=O) groups excluding carboxylic acids is 3. The Bertz CT molecular complexity index is 1920. The molecule has 1 atom stereocenters. The lowest BCUT2D eigenvalue weighted by Crippen LogP contribution is -2.30. The third-order valence-corrected chi connectivity index (χ3v) is 13.1. The predicted molar refractivity (Wildman–Crippen MR) is 357 cm³/mol. The van der Waals surface area contributed by atoms with Gasteiger partial charge < -0.3 is 14.2 Å². The molecule has 0 spiro atoms. The maximum Gasteiger partial charge on any atom is 0.306 e. The quantitative estimate of drug-likeness (QED) is 0.0261. The molecule has 0 rings (SSSR count). The number of unbranched alkanes of at least 4 members (excludes halogenated alkanes) is 16. The van der Waals surface area contributed by atoms with Crippen LogP contribution in [0.3, 0.4) is 0 Å². The molecule has 6 nitrogen and oxygen atoms in total. The van der Waals surface area contributed by atoms with E-state index in [9.17, 15) is 14.4 Å². The van der Waals surface area contributed by atoms with Crippen molar-refractivity contribution in [2.45, 2.75) is 264 Å². The lowest BCUT2D eigenvalue weighted by molar-refractivity contribution is -0.167. The molecule has 0 aliphatic heterocycles.